The second kappa shape index (κ2) is 8.37. The van der Waals surface area contributed by atoms with E-state index in [2.05, 4.69) is 26.1 Å². The van der Waals surface area contributed by atoms with Crippen LogP contribution in [0.25, 0.3) is 0 Å². The molecule has 2 aromatic rings. The lowest BCUT2D eigenvalue weighted by Crippen LogP contribution is -2.37. The molecule has 2 rings (SSSR count). The van der Waals surface area contributed by atoms with Crippen LogP contribution in [0.3, 0.4) is 0 Å². The Kier molecular flexibility index (Phi) is 6.43. The summed E-state index contributed by atoms with van der Waals surface area (Å²) in [6.45, 7) is 6.76. The van der Waals surface area contributed by atoms with Crippen LogP contribution < -0.4 is 5.32 Å². The number of carbonyl (C=O) groups is 2. The number of nitrogens with zero attached hydrogens (tertiary/aromatic N) is 1. The van der Waals surface area contributed by atoms with Crippen LogP contribution in [0.4, 0.5) is 0 Å². The van der Waals surface area contributed by atoms with E-state index in [4.69, 9.17) is 11.6 Å². The summed E-state index contributed by atoms with van der Waals surface area (Å²) in [4.78, 5) is 26.0. The van der Waals surface area contributed by atoms with Gasteiger partial charge in [0.05, 0.1) is 6.54 Å². The SMILES string of the molecule is CN(Cc1cccc(Cl)c1)C(=O)CNC(=O)c1ccc(C(C)(C)C)cc1. The van der Waals surface area contributed by atoms with Crippen molar-refractivity contribution in [3.05, 3.63) is 70.2 Å². The summed E-state index contributed by atoms with van der Waals surface area (Å²) in [7, 11) is 1.70. The molecule has 0 fully saturated rings. The van der Waals surface area contributed by atoms with Gasteiger partial charge in [-0.15, -0.1) is 0 Å². The Morgan fingerprint density at radius 3 is 2.31 bits per heavy atom. The van der Waals surface area contributed by atoms with Gasteiger partial charge in [-0.3, -0.25) is 9.59 Å². The Labute approximate surface area is 160 Å². The first-order chi connectivity index (χ1) is 12.2. The zero-order valence-electron chi connectivity index (χ0n) is 15.7. The normalized spacial score (nSPS) is 11.1. The van der Waals surface area contributed by atoms with Gasteiger partial charge < -0.3 is 10.2 Å². The molecule has 0 atom stereocenters. The topological polar surface area (TPSA) is 49.4 Å². The second-order valence-electron chi connectivity index (χ2n) is 7.39. The summed E-state index contributed by atoms with van der Waals surface area (Å²) in [5.74, 6) is -0.417. The van der Waals surface area contributed by atoms with Crippen LogP contribution in [0.15, 0.2) is 48.5 Å². The lowest BCUT2D eigenvalue weighted by Gasteiger charge is -2.19. The first-order valence-electron chi connectivity index (χ1n) is 8.54. The molecule has 0 spiro atoms. The lowest BCUT2D eigenvalue weighted by atomic mass is 9.87. The van der Waals surface area contributed by atoms with E-state index in [0.717, 1.165) is 11.1 Å². The fourth-order valence-electron chi connectivity index (χ4n) is 2.51. The molecule has 0 saturated heterocycles. The quantitative estimate of drug-likeness (QED) is 0.861. The molecule has 4 nitrogen and oxygen atoms in total. The van der Waals surface area contributed by atoms with E-state index >= 15 is 0 Å². The highest BCUT2D eigenvalue weighted by Gasteiger charge is 2.15. The second-order valence-corrected chi connectivity index (χ2v) is 7.83. The summed E-state index contributed by atoms with van der Waals surface area (Å²) < 4.78 is 0. The Balaban J connectivity index is 1.89. The molecule has 0 aromatic heterocycles. The van der Waals surface area contributed by atoms with Gasteiger partial charge in [0, 0.05) is 24.2 Å². The van der Waals surface area contributed by atoms with Crippen LogP contribution in [-0.4, -0.2) is 30.3 Å². The Morgan fingerprint density at radius 1 is 1.08 bits per heavy atom. The van der Waals surface area contributed by atoms with Crippen molar-refractivity contribution >= 4 is 23.4 Å². The van der Waals surface area contributed by atoms with Crippen molar-refractivity contribution in [3.8, 4) is 0 Å². The van der Waals surface area contributed by atoms with Gasteiger partial charge in [0.1, 0.15) is 0 Å². The number of rotatable bonds is 5. The molecule has 0 aliphatic rings. The number of halogens is 1. The maximum atomic E-state index is 12.2. The van der Waals surface area contributed by atoms with Crippen LogP contribution in [0.2, 0.25) is 5.02 Å². The maximum absolute atomic E-state index is 12.2. The van der Waals surface area contributed by atoms with Crippen LogP contribution in [-0.2, 0) is 16.8 Å². The van der Waals surface area contributed by atoms with Gasteiger partial charge in [0.15, 0.2) is 0 Å². The predicted molar refractivity (Wildman–Crippen MR) is 105 cm³/mol. The van der Waals surface area contributed by atoms with E-state index in [0.29, 0.717) is 17.1 Å². The number of hydrogen-bond acceptors (Lipinski definition) is 2. The number of hydrogen-bond donors (Lipinski definition) is 1. The van der Waals surface area contributed by atoms with Gasteiger partial charge in [-0.25, -0.2) is 0 Å². The molecule has 0 aliphatic heterocycles. The van der Waals surface area contributed by atoms with Gasteiger partial charge in [0.2, 0.25) is 5.91 Å². The van der Waals surface area contributed by atoms with Gasteiger partial charge >= 0.3 is 0 Å². The van der Waals surface area contributed by atoms with Crippen molar-refractivity contribution in [2.75, 3.05) is 13.6 Å². The highest BCUT2D eigenvalue weighted by atomic mass is 35.5. The monoisotopic (exact) mass is 372 g/mol. The van der Waals surface area contributed by atoms with E-state index in [1.54, 1.807) is 30.1 Å². The molecule has 138 valence electrons. The third-order valence-electron chi connectivity index (χ3n) is 4.15. The lowest BCUT2D eigenvalue weighted by molar-refractivity contribution is -0.129. The van der Waals surface area contributed by atoms with Gasteiger partial charge in [-0.05, 0) is 40.8 Å². The third kappa shape index (κ3) is 5.60. The molecule has 0 heterocycles. The highest BCUT2D eigenvalue weighted by Crippen LogP contribution is 2.22. The van der Waals surface area contributed by atoms with E-state index in [1.165, 1.54) is 0 Å². The fourth-order valence-corrected chi connectivity index (χ4v) is 2.72. The first kappa shape index (κ1) is 20.0. The minimum atomic E-state index is -0.255. The van der Waals surface area contributed by atoms with Crippen LogP contribution in [0, 0.1) is 0 Å². The number of benzene rings is 2. The summed E-state index contributed by atoms with van der Waals surface area (Å²) in [5.41, 5.74) is 2.68. The van der Waals surface area contributed by atoms with Crippen molar-refractivity contribution in [1.82, 2.24) is 10.2 Å². The molecule has 0 radical (unpaired) electrons. The minimum Gasteiger partial charge on any atom is -0.343 e. The van der Waals surface area contributed by atoms with Crippen LogP contribution in [0.5, 0.6) is 0 Å². The van der Waals surface area contributed by atoms with Crippen molar-refractivity contribution < 1.29 is 9.59 Å². The van der Waals surface area contributed by atoms with Gasteiger partial charge in [-0.1, -0.05) is 56.6 Å². The molecule has 0 saturated carbocycles. The summed E-state index contributed by atoms with van der Waals surface area (Å²) in [6.07, 6.45) is 0. The number of likely N-dealkylation sites (N-methyl/N-ethyl adjacent to an activating group) is 1. The minimum absolute atomic E-state index is 0.0357. The molecule has 26 heavy (non-hydrogen) atoms. The van der Waals surface area contributed by atoms with Crippen molar-refractivity contribution in [2.24, 2.45) is 0 Å². The van der Waals surface area contributed by atoms with E-state index in [-0.39, 0.29) is 23.8 Å². The summed E-state index contributed by atoms with van der Waals surface area (Å²) in [6, 6.07) is 14.8. The average molecular weight is 373 g/mol. The van der Waals surface area contributed by atoms with Crippen LogP contribution >= 0.6 is 11.6 Å². The molecule has 2 aromatic carbocycles. The largest absolute Gasteiger partial charge is 0.343 e. The molecule has 0 bridgehead atoms. The number of carbonyl (C=O) groups excluding carboxylic acids is 2. The third-order valence-corrected chi connectivity index (χ3v) is 4.38. The molecule has 0 unspecified atom stereocenters. The van der Waals surface area contributed by atoms with Crippen molar-refractivity contribution in [3.63, 3.8) is 0 Å². The Morgan fingerprint density at radius 2 is 1.73 bits per heavy atom. The van der Waals surface area contributed by atoms with Crippen molar-refractivity contribution in [1.29, 1.82) is 0 Å². The number of nitrogens with one attached hydrogen (secondary N) is 1. The molecule has 5 heteroatoms. The zero-order valence-corrected chi connectivity index (χ0v) is 16.4. The Bertz CT molecular complexity index is 779. The summed E-state index contributed by atoms with van der Waals surface area (Å²) in [5, 5.41) is 3.31. The van der Waals surface area contributed by atoms with Crippen LogP contribution in [0.1, 0.15) is 42.3 Å². The molecular formula is C21H25ClN2O2. The highest BCUT2D eigenvalue weighted by molar-refractivity contribution is 6.30. The maximum Gasteiger partial charge on any atom is 0.251 e. The molecule has 1 N–H and O–H groups in total. The molecular weight excluding hydrogens is 348 g/mol. The predicted octanol–water partition coefficient (Wildman–Crippen LogP) is 4.03. The molecule has 2 amide bonds. The molecule has 0 aliphatic carbocycles. The van der Waals surface area contributed by atoms with Gasteiger partial charge in [0.25, 0.3) is 5.91 Å². The summed E-state index contributed by atoms with van der Waals surface area (Å²) >= 11 is 5.96. The van der Waals surface area contributed by atoms with E-state index in [1.807, 2.05) is 30.3 Å². The first-order valence-corrected chi connectivity index (χ1v) is 8.92. The van der Waals surface area contributed by atoms with Crippen molar-refractivity contribution in [2.45, 2.75) is 32.7 Å². The zero-order chi connectivity index (χ0) is 19.3. The fraction of sp³-hybridized carbons (Fsp3) is 0.333. The van der Waals surface area contributed by atoms with E-state index in [9.17, 15) is 9.59 Å². The number of amides is 2. The smallest absolute Gasteiger partial charge is 0.251 e. The van der Waals surface area contributed by atoms with Gasteiger partial charge in [-0.2, -0.15) is 0 Å². The average Bonchev–Trinajstić information content (AvgIpc) is 2.58. The Hall–Kier alpha value is -2.33. The standard InChI is InChI=1S/C21H25ClN2O2/c1-21(2,3)17-10-8-16(9-11-17)20(26)23-13-19(25)24(4)14-15-6-5-7-18(22)12-15/h5-12H,13-14H2,1-4H3,(H,23,26). The van der Waals surface area contributed by atoms with E-state index < -0.39 is 0 Å².